The molecular formula is C15H20O6S. The summed E-state index contributed by atoms with van der Waals surface area (Å²) in [5, 5.41) is 0. The lowest BCUT2D eigenvalue weighted by molar-refractivity contribution is -0.157. The summed E-state index contributed by atoms with van der Waals surface area (Å²) >= 11 is 0. The number of carbonyl (C=O) groups is 2. The molecular weight excluding hydrogens is 308 g/mol. The Kier molecular flexibility index (Phi) is 5.85. The van der Waals surface area contributed by atoms with Crippen molar-refractivity contribution in [3.63, 3.8) is 0 Å². The second-order valence-corrected chi connectivity index (χ2v) is 7.26. The number of esters is 1. The SMILES string of the molecule is CCOCC(=O)OC(C)(C)C(=O)c1ccc(S(C)(=O)=O)cc1. The predicted molar refractivity (Wildman–Crippen MR) is 80.5 cm³/mol. The van der Waals surface area contributed by atoms with E-state index in [1.165, 1.54) is 38.1 Å². The number of ether oxygens (including phenoxy) is 2. The molecule has 0 atom stereocenters. The lowest BCUT2D eigenvalue weighted by Gasteiger charge is -2.23. The van der Waals surface area contributed by atoms with Crippen LogP contribution in [-0.4, -0.2) is 45.2 Å². The molecule has 6 nitrogen and oxygen atoms in total. The zero-order valence-corrected chi connectivity index (χ0v) is 13.9. The van der Waals surface area contributed by atoms with Gasteiger partial charge in [0, 0.05) is 18.4 Å². The minimum absolute atomic E-state index is 0.121. The monoisotopic (exact) mass is 328 g/mol. The molecule has 0 radical (unpaired) electrons. The highest BCUT2D eigenvalue weighted by molar-refractivity contribution is 7.90. The highest BCUT2D eigenvalue weighted by atomic mass is 32.2. The molecule has 1 aromatic carbocycles. The topological polar surface area (TPSA) is 86.7 Å². The van der Waals surface area contributed by atoms with Gasteiger partial charge in [-0.25, -0.2) is 13.2 Å². The number of Topliss-reactive ketones (excluding diaryl/α,β-unsaturated/α-hetero) is 1. The molecule has 0 aliphatic rings. The van der Waals surface area contributed by atoms with E-state index in [1.54, 1.807) is 6.92 Å². The third kappa shape index (κ3) is 4.92. The molecule has 122 valence electrons. The summed E-state index contributed by atoms with van der Waals surface area (Å²) in [5.41, 5.74) is -1.09. The Hall–Kier alpha value is -1.73. The van der Waals surface area contributed by atoms with Gasteiger partial charge in [0.1, 0.15) is 6.61 Å². The first-order chi connectivity index (χ1) is 10.1. The van der Waals surface area contributed by atoms with Gasteiger partial charge in [-0.05, 0) is 45.0 Å². The van der Waals surface area contributed by atoms with Gasteiger partial charge in [0.15, 0.2) is 15.4 Å². The van der Waals surface area contributed by atoms with Crippen LogP contribution < -0.4 is 0 Å². The Balaban J connectivity index is 2.87. The Labute approximate surface area is 130 Å². The number of hydrogen-bond acceptors (Lipinski definition) is 6. The quantitative estimate of drug-likeness (QED) is 0.558. The van der Waals surface area contributed by atoms with Crippen molar-refractivity contribution in [1.29, 1.82) is 0 Å². The predicted octanol–water partition coefficient (Wildman–Crippen LogP) is 1.63. The maximum absolute atomic E-state index is 12.4. The van der Waals surface area contributed by atoms with E-state index >= 15 is 0 Å². The van der Waals surface area contributed by atoms with E-state index < -0.39 is 27.2 Å². The highest BCUT2D eigenvalue weighted by Gasteiger charge is 2.32. The van der Waals surface area contributed by atoms with E-state index in [2.05, 4.69) is 0 Å². The number of carbonyl (C=O) groups excluding carboxylic acids is 2. The molecule has 0 aliphatic heterocycles. The Morgan fingerprint density at radius 1 is 1.14 bits per heavy atom. The van der Waals surface area contributed by atoms with Gasteiger partial charge in [-0.1, -0.05) is 0 Å². The summed E-state index contributed by atoms with van der Waals surface area (Å²) in [6.07, 6.45) is 1.09. The van der Waals surface area contributed by atoms with Gasteiger partial charge < -0.3 is 9.47 Å². The Morgan fingerprint density at radius 2 is 1.68 bits per heavy atom. The summed E-state index contributed by atoms with van der Waals surface area (Å²) < 4.78 is 32.8. The van der Waals surface area contributed by atoms with Crippen LogP contribution in [0.15, 0.2) is 29.2 Å². The number of rotatable bonds is 7. The van der Waals surface area contributed by atoms with Crippen molar-refractivity contribution >= 4 is 21.6 Å². The Bertz CT molecular complexity index is 643. The van der Waals surface area contributed by atoms with Crippen LogP contribution in [0.1, 0.15) is 31.1 Å². The fourth-order valence-electron chi connectivity index (χ4n) is 1.75. The first-order valence-corrected chi connectivity index (χ1v) is 8.61. The fourth-order valence-corrected chi connectivity index (χ4v) is 2.38. The second kappa shape index (κ2) is 7.02. The maximum atomic E-state index is 12.4. The van der Waals surface area contributed by atoms with Crippen LogP contribution in [0.4, 0.5) is 0 Å². The third-order valence-corrected chi connectivity index (χ3v) is 4.01. The first kappa shape index (κ1) is 18.3. The molecule has 1 aromatic rings. The summed E-state index contributed by atoms with van der Waals surface area (Å²) in [7, 11) is -3.32. The minimum atomic E-state index is -3.32. The molecule has 7 heteroatoms. The molecule has 22 heavy (non-hydrogen) atoms. The van der Waals surface area contributed by atoms with Crippen molar-refractivity contribution in [3.8, 4) is 0 Å². The van der Waals surface area contributed by atoms with Crippen molar-refractivity contribution in [2.75, 3.05) is 19.5 Å². The smallest absolute Gasteiger partial charge is 0.333 e. The number of benzene rings is 1. The van der Waals surface area contributed by atoms with Gasteiger partial charge in [-0.15, -0.1) is 0 Å². The molecule has 0 saturated heterocycles. The van der Waals surface area contributed by atoms with Crippen LogP contribution in [0.5, 0.6) is 0 Å². The zero-order chi connectivity index (χ0) is 17.0. The fraction of sp³-hybridized carbons (Fsp3) is 0.467. The molecule has 1 rings (SSSR count). The van der Waals surface area contributed by atoms with E-state index in [0.717, 1.165) is 6.26 Å². The van der Waals surface area contributed by atoms with Crippen LogP contribution >= 0.6 is 0 Å². The van der Waals surface area contributed by atoms with Crippen molar-refractivity contribution in [1.82, 2.24) is 0 Å². The van der Waals surface area contributed by atoms with E-state index in [9.17, 15) is 18.0 Å². The van der Waals surface area contributed by atoms with Crippen molar-refractivity contribution < 1.29 is 27.5 Å². The van der Waals surface area contributed by atoms with Gasteiger partial charge in [0.05, 0.1) is 4.90 Å². The van der Waals surface area contributed by atoms with E-state index in [-0.39, 0.29) is 17.1 Å². The van der Waals surface area contributed by atoms with Crippen molar-refractivity contribution in [3.05, 3.63) is 29.8 Å². The molecule has 0 aliphatic carbocycles. The summed E-state index contributed by atoms with van der Waals surface area (Å²) in [5.74, 6) is -1.05. The summed E-state index contributed by atoms with van der Waals surface area (Å²) in [6.45, 7) is 4.84. The second-order valence-electron chi connectivity index (χ2n) is 5.25. The maximum Gasteiger partial charge on any atom is 0.333 e. The largest absolute Gasteiger partial charge is 0.450 e. The van der Waals surface area contributed by atoms with Gasteiger partial charge in [-0.2, -0.15) is 0 Å². The normalized spacial score (nSPS) is 12.0. The van der Waals surface area contributed by atoms with E-state index in [4.69, 9.17) is 9.47 Å². The molecule has 0 bridgehead atoms. The molecule has 0 N–H and O–H groups in total. The van der Waals surface area contributed by atoms with Gasteiger partial charge in [0.25, 0.3) is 0 Å². The van der Waals surface area contributed by atoms with Crippen molar-refractivity contribution in [2.45, 2.75) is 31.3 Å². The van der Waals surface area contributed by atoms with Crippen LogP contribution in [0, 0.1) is 0 Å². The zero-order valence-electron chi connectivity index (χ0n) is 13.1. The molecule has 0 aromatic heterocycles. The lowest BCUT2D eigenvalue weighted by Crippen LogP contribution is -2.38. The van der Waals surface area contributed by atoms with Gasteiger partial charge in [0.2, 0.25) is 5.78 Å². The average Bonchev–Trinajstić information content (AvgIpc) is 2.43. The number of sulfone groups is 1. The molecule has 0 amide bonds. The molecule has 0 spiro atoms. The van der Waals surface area contributed by atoms with E-state index in [1.807, 2.05) is 0 Å². The van der Waals surface area contributed by atoms with Crippen LogP contribution in [0.25, 0.3) is 0 Å². The highest BCUT2D eigenvalue weighted by Crippen LogP contribution is 2.19. The number of ketones is 1. The molecule has 0 heterocycles. The number of hydrogen-bond donors (Lipinski definition) is 0. The van der Waals surface area contributed by atoms with Gasteiger partial charge >= 0.3 is 5.97 Å². The van der Waals surface area contributed by atoms with E-state index in [0.29, 0.717) is 6.61 Å². The summed E-state index contributed by atoms with van der Waals surface area (Å²) in [4.78, 5) is 24.0. The van der Waals surface area contributed by atoms with Crippen LogP contribution in [-0.2, 0) is 24.1 Å². The molecule has 0 unspecified atom stereocenters. The van der Waals surface area contributed by atoms with Crippen molar-refractivity contribution in [2.24, 2.45) is 0 Å². The minimum Gasteiger partial charge on any atom is -0.450 e. The Morgan fingerprint density at radius 3 is 2.14 bits per heavy atom. The first-order valence-electron chi connectivity index (χ1n) is 6.72. The van der Waals surface area contributed by atoms with Crippen LogP contribution in [0.3, 0.4) is 0 Å². The molecule has 0 saturated carbocycles. The van der Waals surface area contributed by atoms with Crippen LogP contribution in [0.2, 0.25) is 0 Å². The third-order valence-electron chi connectivity index (χ3n) is 2.88. The van der Waals surface area contributed by atoms with Gasteiger partial charge in [-0.3, -0.25) is 4.79 Å². The standard InChI is InChI=1S/C15H20O6S/c1-5-20-10-13(16)21-15(2,3)14(17)11-6-8-12(9-7-11)22(4,18)19/h6-9H,5,10H2,1-4H3. The average molecular weight is 328 g/mol. The summed E-state index contributed by atoms with van der Waals surface area (Å²) in [6, 6.07) is 5.50. The lowest BCUT2D eigenvalue weighted by atomic mass is 9.96. The molecule has 0 fully saturated rings.